The van der Waals surface area contributed by atoms with Gasteiger partial charge in [0, 0.05) is 34.7 Å². The normalized spacial score (nSPS) is 10.6. The first-order chi connectivity index (χ1) is 14.5. The van der Waals surface area contributed by atoms with Crippen molar-refractivity contribution in [3.8, 4) is 0 Å². The Morgan fingerprint density at radius 2 is 1.60 bits per heavy atom. The van der Waals surface area contributed by atoms with Crippen LogP contribution in [0.1, 0.15) is 26.5 Å². The Morgan fingerprint density at radius 3 is 2.27 bits per heavy atom. The van der Waals surface area contributed by atoms with Crippen LogP contribution in [-0.2, 0) is 0 Å². The molecule has 0 radical (unpaired) electrons. The van der Waals surface area contributed by atoms with Gasteiger partial charge in [-0.15, -0.1) is 0 Å². The summed E-state index contributed by atoms with van der Waals surface area (Å²) in [6.45, 7) is 1.84. The van der Waals surface area contributed by atoms with E-state index < -0.39 is 0 Å². The molecule has 0 bridgehead atoms. The van der Waals surface area contributed by atoms with Crippen LogP contribution in [0, 0.1) is 6.92 Å². The van der Waals surface area contributed by atoms with Crippen molar-refractivity contribution in [1.29, 1.82) is 0 Å². The first-order valence-electron chi connectivity index (χ1n) is 9.15. The molecule has 0 aliphatic heterocycles. The predicted octanol–water partition coefficient (Wildman–Crippen LogP) is 3.42. The largest absolute Gasteiger partial charge is 0.397 e. The summed E-state index contributed by atoms with van der Waals surface area (Å²) in [6.07, 6.45) is 4.33. The zero-order valence-electron chi connectivity index (χ0n) is 16.1. The highest BCUT2D eigenvalue weighted by Crippen LogP contribution is 2.21. The first-order valence-corrected chi connectivity index (χ1v) is 9.15. The van der Waals surface area contributed by atoms with Crippen molar-refractivity contribution in [2.24, 2.45) is 0 Å². The minimum Gasteiger partial charge on any atom is -0.397 e. The van der Waals surface area contributed by atoms with E-state index in [4.69, 9.17) is 5.73 Å². The zero-order valence-corrected chi connectivity index (χ0v) is 16.1. The van der Waals surface area contributed by atoms with Gasteiger partial charge in [-0.05, 0) is 55.5 Å². The second-order valence-corrected chi connectivity index (χ2v) is 6.65. The van der Waals surface area contributed by atoms with E-state index in [0.717, 1.165) is 16.6 Å². The van der Waals surface area contributed by atoms with Crippen molar-refractivity contribution >= 4 is 39.8 Å². The molecule has 0 aliphatic carbocycles. The molecule has 0 saturated heterocycles. The number of nitrogens with one attached hydrogen (secondary N) is 2. The maximum absolute atomic E-state index is 12.6. The third kappa shape index (κ3) is 4.07. The van der Waals surface area contributed by atoms with Crippen molar-refractivity contribution in [3.63, 3.8) is 0 Å². The summed E-state index contributed by atoms with van der Waals surface area (Å²) >= 11 is 0. The Kier molecular flexibility index (Phi) is 5.04. The fourth-order valence-electron chi connectivity index (χ4n) is 2.88. The number of hydrogen-bond donors (Lipinski definition) is 3. The van der Waals surface area contributed by atoms with Crippen molar-refractivity contribution in [3.05, 3.63) is 84.1 Å². The summed E-state index contributed by atoms with van der Waals surface area (Å²) in [5.74, 6) is -0.619. The molecular formula is C22H18N6O2. The summed E-state index contributed by atoms with van der Waals surface area (Å²) in [5, 5.41) is 6.36. The fraction of sp³-hybridized carbons (Fsp3) is 0.0455. The molecule has 4 N–H and O–H groups in total. The topological polar surface area (TPSA) is 123 Å². The van der Waals surface area contributed by atoms with Gasteiger partial charge in [0.25, 0.3) is 11.8 Å². The van der Waals surface area contributed by atoms with Gasteiger partial charge in [0.15, 0.2) is 0 Å². The smallest absolute Gasteiger partial charge is 0.275 e. The molecule has 8 heteroatoms. The second kappa shape index (κ2) is 7.96. The Balaban J connectivity index is 1.45. The van der Waals surface area contributed by atoms with E-state index in [1.807, 2.05) is 13.0 Å². The molecular weight excluding hydrogens is 380 g/mol. The number of hydrogen-bond acceptors (Lipinski definition) is 6. The van der Waals surface area contributed by atoms with E-state index in [-0.39, 0.29) is 17.5 Å². The molecule has 2 aromatic carbocycles. The molecule has 2 aromatic heterocycles. The third-order valence-electron chi connectivity index (χ3n) is 4.50. The quantitative estimate of drug-likeness (QED) is 0.484. The monoisotopic (exact) mass is 398 g/mol. The van der Waals surface area contributed by atoms with Crippen LogP contribution in [0.25, 0.3) is 10.9 Å². The number of pyridine rings is 1. The van der Waals surface area contributed by atoms with E-state index in [1.54, 1.807) is 42.5 Å². The number of fused-ring (bicyclic) bond motifs is 1. The summed E-state index contributed by atoms with van der Waals surface area (Å²) < 4.78 is 0. The van der Waals surface area contributed by atoms with Crippen LogP contribution < -0.4 is 16.4 Å². The van der Waals surface area contributed by atoms with E-state index in [1.165, 1.54) is 18.6 Å². The van der Waals surface area contributed by atoms with Gasteiger partial charge >= 0.3 is 0 Å². The van der Waals surface area contributed by atoms with Crippen LogP contribution in [0.4, 0.5) is 17.1 Å². The molecule has 0 aliphatic rings. The molecule has 4 aromatic rings. The van der Waals surface area contributed by atoms with Crippen molar-refractivity contribution in [1.82, 2.24) is 15.0 Å². The Morgan fingerprint density at radius 1 is 0.900 bits per heavy atom. The van der Waals surface area contributed by atoms with E-state index in [9.17, 15) is 9.59 Å². The number of benzene rings is 2. The highest BCUT2D eigenvalue weighted by molar-refractivity contribution is 6.06. The van der Waals surface area contributed by atoms with Gasteiger partial charge in [-0.3, -0.25) is 19.6 Å². The van der Waals surface area contributed by atoms with Gasteiger partial charge in [-0.2, -0.15) is 0 Å². The van der Waals surface area contributed by atoms with Crippen LogP contribution in [0.2, 0.25) is 0 Å². The van der Waals surface area contributed by atoms with E-state index >= 15 is 0 Å². The lowest BCUT2D eigenvalue weighted by Gasteiger charge is -2.09. The Labute approximate surface area is 172 Å². The van der Waals surface area contributed by atoms with Gasteiger partial charge in [0.1, 0.15) is 5.69 Å². The maximum Gasteiger partial charge on any atom is 0.275 e. The minimum absolute atomic E-state index is 0.219. The standard InChI is InChI=1S/C22H18N6O2/c1-13-18(23)11-15-10-14(2-7-19(15)26-13)21(29)27-16-3-5-17(6-4-16)28-22(30)20-12-24-8-9-25-20/h2-12H,23H2,1H3,(H,27,29)(H,28,30). The molecule has 148 valence electrons. The number of nitrogens with two attached hydrogens (primary N) is 1. The van der Waals surface area contributed by atoms with Crippen molar-refractivity contribution < 1.29 is 9.59 Å². The maximum atomic E-state index is 12.6. The van der Waals surface area contributed by atoms with Crippen molar-refractivity contribution in [2.75, 3.05) is 16.4 Å². The molecule has 0 saturated carbocycles. The summed E-state index contributed by atoms with van der Waals surface area (Å²) in [4.78, 5) is 37.0. The molecule has 8 nitrogen and oxygen atoms in total. The zero-order chi connectivity index (χ0) is 21.1. The summed E-state index contributed by atoms with van der Waals surface area (Å²) in [6, 6.07) is 13.9. The molecule has 2 heterocycles. The highest BCUT2D eigenvalue weighted by Gasteiger charge is 2.10. The lowest BCUT2D eigenvalue weighted by molar-refractivity contribution is 0.101. The Hall–Kier alpha value is -4.33. The minimum atomic E-state index is -0.362. The molecule has 0 atom stereocenters. The molecule has 0 unspecified atom stereocenters. The number of nitrogen functional groups attached to an aromatic ring is 1. The molecule has 4 rings (SSSR count). The lowest BCUT2D eigenvalue weighted by Crippen LogP contribution is -2.14. The number of aryl methyl sites for hydroxylation is 1. The molecule has 2 amide bonds. The predicted molar refractivity (Wildman–Crippen MR) is 115 cm³/mol. The molecule has 0 fully saturated rings. The number of aromatic nitrogens is 3. The summed E-state index contributed by atoms with van der Waals surface area (Å²) in [7, 11) is 0. The van der Waals surface area contributed by atoms with Crippen LogP contribution in [0.3, 0.4) is 0 Å². The van der Waals surface area contributed by atoms with Gasteiger partial charge in [0.2, 0.25) is 0 Å². The van der Waals surface area contributed by atoms with Gasteiger partial charge in [0.05, 0.1) is 23.1 Å². The first kappa shape index (κ1) is 19.0. The second-order valence-electron chi connectivity index (χ2n) is 6.65. The number of carbonyl (C=O) groups is 2. The van der Waals surface area contributed by atoms with Crippen LogP contribution in [0.15, 0.2) is 67.1 Å². The number of carbonyl (C=O) groups excluding carboxylic acids is 2. The van der Waals surface area contributed by atoms with Gasteiger partial charge < -0.3 is 16.4 Å². The van der Waals surface area contributed by atoms with Crippen LogP contribution >= 0.6 is 0 Å². The third-order valence-corrected chi connectivity index (χ3v) is 4.50. The van der Waals surface area contributed by atoms with E-state index in [0.29, 0.717) is 22.6 Å². The Bertz CT molecular complexity index is 1240. The SMILES string of the molecule is Cc1nc2ccc(C(=O)Nc3ccc(NC(=O)c4cnccn4)cc3)cc2cc1N. The number of rotatable bonds is 4. The molecule has 30 heavy (non-hydrogen) atoms. The highest BCUT2D eigenvalue weighted by atomic mass is 16.2. The fourth-order valence-corrected chi connectivity index (χ4v) is 2.88. The number of amides is 2. The average Bonchev–Trinajstić information content (AvgIpc) is 2.76. The van der Waals surface area contributed by atoms with Crippen LogP contribution in [-0.4, -0.2) is 26.8 Å². The van der Waals surface area contributed by atoms with E-state index in [2.05, 4.69) is 25.6 Å². The number of nitrogens with zero attached hydrogens (tertiary/aromatic N) is 3. The lowest BCUT2D eigenvalue weighted by atomic mass is 10.1. The summed E-state index contributed by atoms with van der Waals surface area (Å²) in [5.41, 5.74) is 9.92. The van der Waals surface area contributed by atoms with Gasteiger partial charge in [-0.1, -0.05) is 0 Å². The number of anilines is 3. The van der Waals surface area contributed by atoms with Gasteiger partial charge in [-0.25, -0.2) is 4.98 Å². The van der Waals surface area contributed by atoms with Crippen LogP contribution in [0.5, 0.6) is 0 Å². The average molecular weight is 398 g/mol. The van der Waals surface area contributed by atoms with Crippen molar-refractivity contribution in [2.45, 2.75) is 6.92 Å². The molecule has 0 spiro atoms.